The summed E-state index contributed by atoms with van der Waals surface area (Å²) < 4.78 is 1.08. The molecule has 3 nitrogen and oxygen atoms in total. The number of hydrogen-bond donors (Lipinski definition) is 2. The molecule has 0 spiro atoms. The molecule has 2 N–H and O–H groups in total. The zero-order valence-corrected chi connectivity index (χ0v) is 13.4. The Balaban J connectivity index is 1.96. The van der Waals surface area contributed by atoms with Crippen LogP contribution in [-0.2, 0) is 4.79 Å². The molecule has 0 bridgehead atoms. The molecule has 1 aliphatic rings. The van der Waals surface area contributed by atoms with Crippen molar-refractivity contribution >= 4 is 21.9 Å². The third-order valence-corrected chi connectivity index (χ3v) is 4.76. The van der Waals surface area contributed by atoms with Crippen LogP contribution in [0.25, 0.3) is 0 Å². The van der Waals surface area contributed by atoms with E-state index in [1.165, 1.54) is 5.56 Å². The third kappa shape index (κ3) is 3.83. The Morgan fingerprint density at radius 1 is 1.50 bits per heavy atom. The average Bonchev–Trinajstić information content (AvgIpc) is 2.88. The molecule has 1 saturated carbocycles. The minimum absolute atomic E-state index is 0.164. The van der Waals surface area contributed by atoms with Gasteiger partial charge in [-0.25, -0.2) is 0 Å². The highest BCUT2D eigenvalue weighted by Crippen LogP contribution is 2.32. The standard InChI is InChI=1S/C16H22BrNO2/c1-2-15(11-5-3-7-13(17)9-11)18-10-12-6-4-8-14(12)16(19)20/h3,5,7,9,12,14-15,18H,2,4,6,8,10H2,1H3,(H,19,20). The highest BCUT2D eigenvalue weighted by Gasteiger charge is 2.32. The van der Waals surface area contributed by atoms with E-state index < -0.39 is 5.97 Å². The fourth-order valence-corrected chi connectivity index (χ4v) is 3.54. The Labute approximate surface area is 128 Å². The van der Waals surface area contributed by atoms with Gasteiger partial charge >= 0.3 is 5.97 Å². The minimum Gasteiger partial charge on any atom is -0.481 e. The van der Waals surface area contributed by atoms with E-state index in [0.717, 1.165) is 36.7 Å². The van der Waals surface area contributed by atoms with Gasteiger partial charge in [0.05, 0.1) is 5.92 Å². The van der Waals surface area contributed by atoms with E-state index >= 15 is 0 Å². The summed E-state index contributed by atoms with van der Waals surface area (Å²) in [5.74, 6) is -0.527. The van der Waals surface area contributed by atoms with Gasteiger partial charge < -0.3 is 10.4 Å². The quantitative estimate of drug-likeness (QED) is 0.823. The van der Waals surface area contributed by atoms with Crippen LogP contribution < -0.4 is 5.32 Å². The largest absolute Gasteiger partial charge is 0.481 e. The highest BCUT2D eigenvalue weighted by atomic mass is 79.9. The molecule has 1 aliphatic carbocycles. The average molecular weight is 340 g/mol. The van der Waals surface area contributed by atoms with Crippen LogP contribution in [0, 0.1) is 11.8 Å². The molecule has 0 amide bonds. The molecule has 0 radical (unpaired) electrons. The van der Waals surface area contributed by atoms with Gasteiger partial charge in [-0.15, -0.1) is 0 Å². The zero-order chi connectivity index (χ0) is 14.5. The first-order chi connectivity index (χ1) is 9.61. The molecule has 1 fully saturated rings. The smallest absolute Gasteiger partial charge is 0.306 e. The first-order valence-electron chi connectivity index (χ1n) is 7.33. The highest BCUT2D eigenvalue weighted by molar-refractivity contribution is 9.10. The number of halogens is 1. The van der Waals surface area contributed by atoms with E-state index in [4.69, 9.17) is 0 Å². The molecule has 3 unspecified atom stereocenters. The van der Waals surface area contributed by atoms with E-state index in [-0.39, 0.29) is 11.8 Å². The number of hydrogen-bond acceptors (Lipinski definition) is 2. The van der Waals surface area contributed by atoms with Crippen molar-refractivity contribution < 1.29 is 9.90 Å². The van der Waals surface area contributed by atoms with Crippen molar-refractivity contribution in [2.75, 3.05) is 6.54 Å². The summed E-state index contributed by atoms with van der Waals surface area (Å²) in [6.45, 7) is 2.95. The molecule has 0 saturated heterocycles. The normalized spacial score (nSPS) is 23.7. The number of benzene rings is 1. The molecule has 20 heavy (non-hydrogen) atoms. The van der Waals surface area contributed by atoms with Crippen LogP contribution >= 0.6 is 15.9 Å². The van der Waals surface area contributed by atoms with E-state index in [0.29, 0.717) is 6.04 Å². The topological polar surface area (TPSA) is 49.3 Å². The van der Waals surface area contributed by atoms with Crippen LogP contribution in [0.1, 0.15) is 44.2 Å². The van der Waals surface area contributed by atoms with E-state index in [1.54, 1.807) is 0 Å². The van der Waals surface area contributed by atoms with Crippen LogP contribution in [0.3, 0.4) is 0 Å². The van der Waals surface area contributed by atoms with E-state index in [1.807, 2.05) is 12.1 Å². The Kier molecular flexibility index (Phi) is 5.61. The minimum atomic E-state index is -0.634. The molecule has 1 aromatic rings. The van der Waals surface area contributed by atoms with Crippen molar-refractivity contribution in [2.45, 2.75) is 38.6 Å². The molecule has 0 heterocycles. The van der Waals surface area contributed by atoms with Crippen molar-refractivity contribution in [3.05, 3.63) is 34.3 Å². The van der Waals surface area contributed by atoms with Crippen molar-refractivity contribution in [3.63, 3.8) is 0 Å². The summed E-state index contributed by atoms with van der Waals surface area (Å²) in [6, 6.07) is 8.61. The third-order valence-electron chi connectivity index (χ3n) is 4.26. The molecule has 4 heteroatoms. The molecule has 0 aliphatic heterocycles. The lowest BCUT2D eigenvalue weighted by Crippen LogP contribution is -2.31. The molecular formula is C16H22BrNO2. The molecule has 3 atom stereocenters. The Hall–Kier alpha value is -0.870. The fourth-order valence-electron chi connectivity index (χ4n) is 3.12. The van der Waals surface area contributed by atoms with Gasteiger partial charge in [-0.1, -0.05) is 41.4 Å². The monoisotopic (exact) mass is 339 g/mol. The lowest BCUT2D eigenvalue weighted by molar-refractivity contribution is -0.142. The Bertz CT molecular complexity index is 464. The van der Waals surface area contributed by atoms with E-state index in [2.05, 4.69) is 40.3 Å². The first-order valence-corrected chi connectivity index (χ1v) is 8.12. The lowest BCUT2D eigenvalue weighted by atomic mass is 9.95. The van der Waals surface area contributed by atoms with Gasteiger partial charge in [0.2, 0.25) is 0 Å². The number of aliphatic carboxylic acids is 1. The zero-order valence-electron chi connectivity index (χ0n) is 11.8. The SMILES string of the molecule is CCC(NCC1CCCC1C(=O)O)c1cccc(Br)c1. The second kappa shape index (κ2) is 7.23. The van der Waals surface area contributed by atoms with Gasteiger partial charge in [-0.2, -0.15) is 0 Å². The van der Waals surface area contributed by atoms with Gasteiger partial charge in [-0.3, -0.25) is 4.79 Å². The summed E-state index contributed by atoms with van der Waals surface area (Å²) >= 11 is 3.50. The molecule has 110 valence electrons. The maximum atomic E-state index is 11.2. The summed E-state index contributed by atoms with van der Waals surface area (Å²) in [5, 5.41) is 12.8. The van der Waals surface area contributed by atoms with Crippen LogP contribution in [-0.4, -0.2) is 17.6 Å². The van der Waals surface area contributed by atoms with Crippen molar-refractivity contribution in [1.29, 1.82) is 0 Å². The van der Waals surface area contributed by atoms with Gasteiger partial charge in [0.1, 0.15) is 0 Å². The van der Waals surface area contributed by atoms with E-state index in [9.17, 15) is 9.90 Å². The second-order valence-corrected chi connectivity index (χ2v) is 6.48. The first kappa shape index (κ1) is 15.5. The predicted molar refractivity (Wildman–Crippen MR) is 83.6 cm³/mol. The maximum absolute atomic E-state index is 11.2. The number of rotatable bonds is 6. The Morgan fingerprint density at radius 3 is 2.95 bits per heavy atom. The van der Waals surface area contributed by atoms with Crippen molar-refractivity contribution in [1.82, 2.24) is 5.32 Å². The molecule has 1 aromatic carbocycles. The van der Waals surface area contributed by atoms with Gasteiger partial charge in [0.15, 0.2) is 0 Å². The molecular weight excluding hydrogens is 318 g/mol. The maximum Gasteiger partial charge on any atom is 0.306 e. The van der Waals surface area contributed by atoms with Crippen LogP contribution in [0.2, 0.25) is 0 Å². The number of carbonyl (C=O) groups is 1. The Morgan fingerprint density at radius 2 is 2.30 bits per heavy atom. The summed E-state index contributed by atoms with van der Waals surface area (Å²) in [6.07, 6.45) is 3.89. The molecule has 2 rings (SSSR count). The van der Waals surface area contributed by atoms with Crippen molar-refractivity contribution in [3.8, 4) is 0 Å². The lowest BCUT2D eigenvalue weighted by Gasteiger charge is -2.22. The number of nitrogens with one attached hydrogen (secondary N) is 1. The number of carboxylic acid groups (broad SMARTS) is 1. The van der Waals surface area contributed by atoms with Gasteiger partial charge in [0.25, 0.3) is 0 Å². The van der Waals surface area contributed by atoms with Crippen molar-refractivity contribution in [2.24, 2.45) is 11.8 Å². The number of carboxylic acids is 1. The molecule has 0 aromatic heterocycles. The van der Waals surface area contributed by atoms with Gasteiger partial charge in [0, 0.05) is 10.5 Å². The summed E-state index contributed by atoms with van der Waals surface area (Å²) in [5.41, 5.74) is 1.26. The van der Waals surface area contributed by atoms with Crippen LogP contribution in [0.4, 0.5) is 0 Å². The fraction of sp³-hybridized carbons (Fsp3) is 0.562. The van der Waals surface area contributed by atoms with Gasteiger partial charge in [-0.05, 0) is 49.4 Å². The summed E-state index contributed by atoms with van der Waals surface area (Å²) in [7, 11) is 0. The predicted octanol–water partition coefficient (Wildman–Crippen LogP) is 3.99. The second-order valence-electron chi connectivity index (χ2n) is 5.56. The van der Waals surface area contributed by atoms with Crippen LogP contribution in [0.5, 0.6) is 0 Å². The summed E-state index contributed by atoms with van der Waals surface area (Å²) in [4.78, 5) is 11.2. The van der Waals surface area contributed by atoms with Crippen LogP contribution in [0.15, 0.2) is 28.7 Å².